The highest BCUT2D eigenvalue weighted by atomic mass is 16.5. The number of hydrogen-bond acceptors (Lipinski definition) is 6. The maximum atomic E-state index is 11.2. The summed E-state index contributed by atoms with van der Waals surface area (Å²) < 4.78 is 24.0. The van der Waals surface area contributed by atoms with Crippen LogP contribution in [0.5, 0.6) is 11.5 Å². The highest BCUT2D eigenvalue weighted by molar-refractivity contribution is 6.07. The molecule has 192 valence electrons. The number of hydrogen-bond donors (Lipinski definition) is 1. The van der Waals surface area contributed by atoms with E-state index >= 15 is 0 Å². The minimum atomic E-state index is -0.559. The molecule has 0 spiro atoms. The van der Waals surface area contributed by atoms with Crippen molar-refractivity contribution in [2.24, 2.45) is 0 Å². The zero-order chi connectivity index (χ0) is 25.3. The molecule has 7 nitrogen and oxygen atoms in total. The lowest BCUT2D eigenvalue weighted by Gasteiger charge is -2.26. The third-order valence-corrected chi connectivity index (χ3v) is 6.33. The Kier molecular flexibility index (Phi) is 9.19. The van der Waals surface area contributed by atoms with Crippen molar-refractivity contribution in [2.45, 2.75) is 19.2 Å². The van der Waals surface area contributed by atoms with Crippen molar-refractivity contribution < 1.29 is 24.1 Å². The molecule has 1 heterocycles. The fraction of sp³-hybridized carbons (Fsp3) is 0.379. The first-order chi connectivity index (χ1) is 17.6. The van der Waals surface area contributed by atoms with Gasteiger partial charge in [-0.15, -0.1) is 0 Å². The smallest absolute Gasteiger partial charge is 0.161 e. The fourth-order valence-electron chi connectivity index (χ4n) is 4.65. The van der Waals surface area contributed by atoms with Crippen LogP contribution < -0.4 is 9.47 Å². The molecule has 0 radical (unpaired) electrons. The van der Waals surface area contributed by atoms with Gasteiger partial charge in [-0.2, -0.15) is 0 Å². The number of rotatable bonds is 14. The van der Waals surface area contributed by atoms with Crippen LogP contribution in [0.15, 0.2) is 66.7 Å². The van der Waals surface area contributed by atoms with E-state index in [1.165, 1.54) is 10.8 Å². The fourth-order valence-corrected chi connectivity index (χ4v) is 4.65. The SMILES string of the molecule is COCCOc1cc(CN(CCOC)CC(O)Cn2c3ccccc3c3ccccc32)ccc1OC. The third-order valence-electron chi connectivity index (χ3n) is 6.33. The number of para-hydroxylation sites is 2. The Labute approximate surface area is 212 Å². The molecule has 1 N–H and O–H groups in total. The van der Waals surface area contributed by atoms with Gasteiger partial charge in [0.2, 0.25) is 0 Å². The number of aliphatic hydroxyl groups excluding tert-OH is 1. The van der Waals surface area contributed by atoms with Gasteiger partial charge in [-0.3, -0.25) is 4.90 Å². The predicted molar refractivity (Wildman–Crippen MR) is 143 cm³/mol. The standard InChI is InChI=1S/C29H36N2O5/c1-33-15-14-30(19-22-12-13-28(35-3)29(18-22)36-17-16-34-2)20-23(32)21-31-26-10-6-4-8-24(26)25-9-5-7-11-27(25)31/h4-13,18,23,32H,14-17,19-21H2,1-3H3. The second kappa shape index (κ2) is 12.7. The van der Waals surface area contributed by atoms with E-state index in [4.69, 9.17) is 18.9 Å². The lowest BCUT2D eigenvalue weighted by atomic mass is 10.1. The first-order valence-corrected chi connectivity index (χ1v) is 12.3. The van der Waals surface area contributed by atoms with Crippen molar-refractivity contribution in [1.82, 2.24) is 9.47 Å². The van der Waals surface area contributed by atoms with Crippen LogP contribution in [0.2, 0.25) is 0 Å². The number of fused-ring (bicyclic) bond motifs is 3. The van der Waals surface area contributed by atoms with E-state index in [0.29, 0.717) is 57.5 Å². The summed E-state index contributed by atoms with van der Waals surface area (Å²) in [4.78, 5) is 2.21. The van der Waals surface area contributed by atoms with Gasteiger partial charge in [-0.05, 0) is 29.8 Å². The lowest BCUT2D eigenvalue weighted by Crippen LogP contribution is -2.36. The second-order valence-electron chi connectivity index (χ2n) is 8.85. The molecular formula is C29H36N2O5. The van der Waals surface area contributed by atoms with Crippen LogP contribution in [0.3, 0.4) is 0 Å². The van der Waals surface area contributed by atoms with Gasteiger partial charge in [0.15, 0.2) is 11.5 Å². The molecule has 36 heavy (non-hydrogen) atoms. The molecule has 1 aromatic heterocycles. The molecule has 4 aromatic rings. The molecular weight excluding hydrogens is 456 g/mol. The molecule has 0 saturated carbocycles. The largest absolute Gasteiger partial charge is 0.493 e. The number of methoxy groups -OCH3 is 3. The van der Waals surface area contributed by atoms with Gasteiger partial charge in [0.25, 0.3) is 0 Å². The molecule has 0 aliphatic rings. The van der Waals surface area contributed by atoms with Gasteiger partial charge in [-0.1, -0.05) is 42.5 Å². The average molecular weight is 493 g/mol. The predicted octanol–water partition coefficient (Wildman–Crippen LogP) is 4.34. The normalized spacial score (nSPS) is 12.5. The van der Waals surface area contributed by atoms with Crippen LogP contribution in [0.25, 0.3) is 21.8 Å². The Balaban J connectivity index is 1.51. The number of ether oxygens (including phenoxy) is 4. The van der Waals surface area contributed by atoms with E-state index in [1.54, 1.807) is 21.3 Å². The van der Waals surface area contributed by atoms with E-state index in [0.717, 1.165) is 16.6 Å². The van der Waals surface area contributed by atoms with Gasteiger partial charge in [-0.25, -0.2) is 0 Å². The van der Waals surface area contributed by atoms with Crippen LogP contribution in [0, 0.1) is 0 Å². The van der Waals surface area contributed by atoms with Crippen molar-refractivity contribution in [3.63, 3.8) is 0 Å². The minimum absolute atomic E-state index is 0.446. The summed E-state index contributed by atoms with van der Waals surface area (Å²) in [5.41, 5.74) is 3.34. The van der Waals surface area contributed by atoms with Crippen LogP contribution in [0.4, 0.5) is 0 Å². The summed E-state index contributed by atoms with van der Waals surface area (Å²) in [5, 5.41) is 13.6. The van der Waals surface area contributed by atoms with Gasteiger partial charge in [0.1, 0.15) is 6.61 Å². The van der Waals surface area contributed by atoms with Gasteiger partial charge in [0, 0.05) is 55.7 Å². The van der Waals surface area contributed by atoms with Gasteiger partial charge in [0.05, 0.1) is 33.0 Å². The quantitative estimate of drug-likeness (QED) is 0.264. The summed E-state index contributed by atoms with van der Waals surface area (Å²) in [7, 11) is 4.98. The first kappa shape index (κ1) is 26.0. The zero-order valence-electron chi connectivity index (χ0n) is 21.4. The van der Waals surface area contributed by atoms with Crippen LogP contribution in [0.1, 0.15) is 5.56 Å². The zero-order valence-corrected chi connectivity index (χ0v) is 21.4. The summed E-state index contributed by atoms with van der Waals surface area (Å²) in [5.74, 6) is 1.37. The number of benzene rings is 3. The Morgan fingerprint density at radius 2 is 1.47 bits per heavy atom. The molecule has 7 heteroatoms. The summed E-state index contributed by atoms with van der Waals surface area (Å²) in [6.45, 7) is 3.89. The third kappa shape index (κ3) is 6.17. The number of aliphatic hydroxyl groups is 1. The van der Waals surface area contributed by atoms with E-state index in [1.807, 2.05) is 30.3 Å². The van der Waals surface area contributed by atoms with Gasteiger partial charge >= 0.3 is 0 Å². The Hall–Kier alpha value is -3.10. The molecule has 0 aliphatic carbocycles. The maximum Gasteiger partial charge on any atom is 0.161 e. The number of aromatic nitrogens is 1. The van der Waals surface area contributed by atoms with Crippen molar-refractivity contribution in [2.75, 3.05) is 54.2 Å². The summed E-state index contributed by atoms with van der Waals surface area (Å²) in [6, 6.07) is 22.7. The van der Waals surface area contributed by atoms with E-state index in [2.05, 4.69) is 45.9 Å². The molecule has 0 fully saturated rings. The molecule has 4 rings (SSSR count). The van der Waals surface area contributed by atoms with Crippen molar-refractivity contribution in [1.29, 1.82) is 0 Å². The minimum Gasteiger partial charge on any atom is -0.493 e. The number of nitrogens with zero attached hydrogens (tertiary/aromatic N) is 2. The highest BCUT2D eigenvalue weighted by Gasteiger charge is 2.17. The summed E-state index contributed by atoms with van der Waals surface area (Å²) in [6.07, 6.45) is -0.559. The lowest BCUT2D eigenvalue weighted by molar-refractivity contribution is 0.0767. The molecule has 0 amide bonds. The second-order valence-corrected chi connectivity index (χ2v) is 8.85. The monoisotopic (exact) mass is 492 g/mol. The average Bonchev–Trinajstić information content (AvgIpc) is 3.21. The molecule has 0 aliphatic heterocycles. The Morgan fingerprint density at radius 3 is 2.11 bits per heavy atom. The van der Waals surface area contributed by atoms with Crippen molar-refractivity contribution >= 4 is 21.8 Å². The maximum absolute atomic E-state index is 11.2. The topological polar surface area (TPSA) is 65.3 Å². The van der Waals surface area contributed by atoms with E-state index in [-0.39, 0.29) is 0 Å². The molecule has 3 aromatic carbocycles. The molecule has 1 atom stereocenters. The van der Waals surface area contributed by atoms with E-state index < -0.39 is 6.10 Å². The highest BCUT2D eigenvalue weighted by Crippen LogP contribution is 2.30. The first-order valence-electron chi connectivity index (χ1n) is 12.3. The molecule has 0 saturated heterocycles. The van der Waals surface area contributed by atoms with Crippen molar-refractivity contribution in [3.05, 3.63) is 72.3 Å². The van der Waals surface area contributed by atoms with Crippen LogP contribution >= 0.6 is 0 Å². The van der Waals surface area contributed by atoms with Crippen LogP contribution in [-0.4, -0.2) is 74.9 Å². The van der Waals surface area contributed by atoms with E-state index in [9.17, 15) is 5.11 Å². The summed E-state index contributed by atoms with van der Waals surface area (Å²) >= 11 is 0. The molecule has 1 unspecified atom stereocenters. The molecule has 0 bridgehead atoms. The Morgan fingerprint density at radius 1 is 0.806 bits per heavy atom. The van der Waals surface area contributed by atoms with Crippen LogP contribution in [-0.2, 0) is 22.6 Å². The Bertz CT molecular complexity index is 1200. The van der Waals surface area contributed by atoms with Crippen molar-refractivity contribution in [3.8, 4) is 11.5 Å². The van der Waals surface area contributed by atoms with Gasteiger partial charge < -0.3 is 28.6 Å².